The third-order valence-corrected chi connectivity index (χ3v) is 5.55. The van der Waals surface area contributed by atoms with Crippen molar-refractivity contribution in [1.29, 1.82) is 0 Å². The highest BCUT2D eigenvalue weighted by Gasteiger charge is 2.31. The van der Waals surface area contributed by atoms with Crippen molar-refractivity contribution in [3.63, 3.8) is 0 Å². The molecule has 1 heterocycles. The average Bonchev–Trinajstić information content (AvgIpc) is 3.29. The van der Waals surface area contributed by atoms with Gasteiger partial charge in [-0.15, -0.1) is 0 Å². The van der Waals surface area contributed by atoms with Gasteiger partial charge in [-0.05, 0) is 48.9 Å². The van der Waals surface area contributed by atoms with E-state index in [9.17, 15) is 36.6 Å². The molecule has 3 aromatic rings. The molecule has 2 atom stereocenters. The summed E-state index contributed by atoms with van der Waals surface area (Å²) in [5.41, 5.74) is -0.824. The van der Waals surface area contributed by atoms with Crippen LogP contribution in [0.1, 0.15) is 16.7 Å². The Hall–Kier alpha value is -3.29. The van der Waals surface area contributed by atoms with E-state index in [1.807, 2.05) is 6.92 Å². The molecule has 2 aromatic carbocycles. The zero-order valence-electron chi connectivity index (χ0n) is 21.0. The van der Waals surface area contributed by atoms with Gasteiger partial charge in [-0.3, -0.25) is 9.58 Å². The van der Waals surface area contributed by atoms with Crippen molar-refractivity contribution < 1.29 is 46.0 Å². The molecule has 0 radical (unpaired) electrons. The first kappa shape index (κ1) is 30.3. The Morgan fingerprint density at radius 1 is 0.846 bits per heavy atom. The lowest BCUT2D eigenvalue weighted by Gasteiger charge is -2.27. The summed E-state index contributed by atoms with van der Waals surface area (Å²) in [6, 6.07) is 8.56. The number of alkyl halides is 6. The van der Waals surface area contributed by atoms with E-state index in [1.165, 1.54) is 24.3 Å². The number of rotatable bonds is 13. The minimum Gasteiger partial charge on any atom is -0.491 e. The van der Waals surface area contributed by atoms with Crippen molar-refractivity contribution in [2.24, 2.45) is 0 Å². The van der Waals surface area contributed by atoms with Crippen LogP contribution in [0.2, 0.25) is 0 Å². The minimum atomic E-state index is -4.54. The molecule has 0 saturated heterocycles. The molecule has 2 N–H and O–H groups in total. The topological polar surface area (TPSA) is 80.0 Å². The van der Waals surface area contributed by atoms with Gasteiger partial charge in [0.2, 0.25) is 0 Å². The maximum absolute atomic E-state index is 12.9. The van der Waals surface area contributed by atoms with E-state index in [0.29, 0.717) is 13.1 Å². The first-order valence-corrected chi connectivity index (χ1v) is 12.0. The Morgan fingerprint density at radius 3 is 1.74 bits per heavy atom. The molecule has 214 valence electrons. The molecule has 0 saturated carbocycles. The number of hydrogen-bond donors (Lipinski definition) is 2. The SMILES string of the molecule is Cc1cnn(CCN(C[C@H](O)COc2cccc(C(F)(F)F)c2)C[C@@H](O)COc2cccc(C(F)(F)F)c2)c1. The Bertz CT molecular complexity index is 1120. The fourth-order valence-electron chi connectivity index (χ4n) is 3.70. The van der Waals surface area contributed by atoms with E-state index in [2.05, 4.69) is 5.10 Å². The molecule has 7 nitrogen and oxygen atoms in total. The van der Waals surface area contributed by atoms with Crippen LogP contribution in [0.25, 0.3) is 0 Å². The Morgan fingerprint density at radius 2 is 1.33 bits per heavy atom. The molecule has 0 aliphatic carbocycles. The van der Waals surface area contributed by atoms with E-state index in [4.69, 9.17) is 9.47 Å². The van der Waals surface area contributed by atoms with Gasteiger partial charge in [0, 0.05) is 25.8 Å². The van der Waals surface area contributed by atoms with Crippen molar-refractivity contribution in [2.45, 2.75) is 38.0 Å². The highest BCUT2D eigenvalue weighted by Crippen LogP contribution is 2.32. The fourth-order valence-corrected chi connectivity index (χ4v) is 3.70. The van der Waals surface area contributed by atoms with Gasteiger partial charge >= 0.3 is 12.4 Å². The smallest absolute Gasteiger partial charge is 0.416 e. The first-order valence-electron chi connectivity index (χ1n) is 12.0. The second-order valence-electron chi connectivity index (χ2n) is 9.02. The van der Waals surface area contributed by atoms with Crippen LogP contribution in [0.5, 0.6) is 11.5 Å². The standard InChI is InChI=1S/C26H29F6N3O4/c1-18-12-33-35(13-18)9-8-34(14-21(36)16-38-23-6-2-4-19(10-23)25(27,28)29)15-22(37)17-39-24-7-3-5-20(11-24)26(30,31)32/h2-7,10-13,21-22,36-37H,8-9,14-17H2,1H3/t21-,22+. The summed E-state index contributed by atoms with van der Waals surface area (Å²) in [6.07, 6.45) is -7.86. The summed E-state index contributed by atoms with van der Waals surface area (Å²) in [7, 11) is 0. The lowest BCUT2D eigenvalue weighted by Crippen LogP contribution is -2.43. The van der Waals surface area contributed by atoms with Crippen molar-refractivity contribution >= 4 is 0 Å². The van der Waals surface area contributed by atoms with Gasteiger partial charge < -0.3 is 19.7 Å². The van der Waals surface area contributed by atoms with Crippen LogP contribution in [-0.2, 0) is 18.9 Å². The van der Waals surface area contributed by atoms with Crippen LogP contribution in [0.3, 0.4) is 0 Å². The van der Waals surface area contributed by atoms with Crippen LogP contribution >= 0.6 is 0 Å². The Balaban J connectivity index is 1.58. The van der Waals surface area contributed by atoms with E-state index in [-0.39, 0.29) is 37.8 Å². The van der Waals surface area contributed by atoms with Crippen molar-refractivity contribution in [3.8, 4) is 11.5 Å². The summed E-state index contributed by atoms with van der Waals surface area (Å²) >= 11 is 0. The summed E-state index contributed by atoms with van der Waals surface area (Å²) < 4.78 is 89.9. The van der Waals surface area contributed by atoms with Crippen LogP contribution in [0.4, 0.5) is 26.3 Å². The molecule has 0 spiro atoms. The van der Waals surface area contributed by atoms with Crippen LogP contribution in [0, 0.1) is 6.92 Å². The first-order chi connectivity index (χ1) is 18.3. The van der Waals surface area contributed by atoms with Gasteiger partial charge in [0.1, 0.15) is 36.9 Å². The van der Waals surface area contributed by atoms with Gasteiger partial charge in [-0.25, -0.2) is 0 Å². The summed E-state index contributed by atoms with van der Waals surface area (Å²) in [5, 5.41) is 25.2. The van der Waals surface area contributed by atoms with Gasteiger partial charge in [-0.1, -0.05) is 12.1 Å². The maximum Gasteiger partial charge on any atom is 0.416 e. The van der Waals surface area contributed by atoms with Gasteiger partial charge in [-0.2, -0.15) is 31.4 Å². The Kier molecular flexibility index (Phi) is 10.2. The molecule has 13 heteroatoms. The number of aliphatic hydroxyl groups excluding tert-OH is 2. The highest BCUT2D eigenvalue weighted by atomic mass is 19.4. The van der Waals surface area contributed by atoms with Crippen molar-refractivity contribution in [1.82, 2.24) is 14.7 Å². The average molecular weight is 562 g/mol. The second kappa shape index (κ2) is 13.2. The van der Waals surface area contributed by atoms with E-state index in [0.717, 1.165) is 29.8 Å². The molecular formula is C26H29F6N3O4. The molecule has 0 unspecified atom stereocenters. The number of aromatic nitrogens is 2. The number of benzene rings is 2. The van der Waals surface area contributed by atoms with Crippen LogP contribution in [0.15, 0.2) is 60.9 Å². The fraction of sp³-hybridized carbons (Fsp3) is 0.423. The normalized spacial score (nSPS) is 13.9. The molecule has 0 bridgehead atoms. The molecule has 0 amide bonds. The number of halogens is 6. The van der Waals surface area contributed by atoms with Gasteiger partial charge in [0.25, 0.3) is 0 Å². The molecule has 0 aliphatic rings. The molecule has 0 fully saturated rings. The van der Waals surface area contributed by atoms with E-state index >= 15 is 0 Å². The monoisotopic (exact) mass is 561 g/mol. The molecule has 39 heavy (non-hydrogen) atoms. The minimum absolute atomic E-state index is 0.0141. The van der Waals surface area contributed by atoms with Crippen molar-refractivity contribution in [2.75, 3.05) is 32.8 Å². The van der Waals surface area contributed by atoms with Gasteiger partial charge in [0.15, 0.2) is 0 Å². The van der Waals surface area contributed by atoms with Crippen LogP contribution in [-0.4, -0.2) is 69.9 Å². The number of hydrogen-bond acceptors (Lipinski definition) is 6. The maximum atomic E-state index is 12.9. The lowest BCUT2D eigenvalue weighted by molar-refractivity contribution is -0.138. The number of ether oxygens (including phenoxy) is 2. The lowest BCUT2D eigenvalue weighted by atomic mass is 10.2. The van der Waals surface area contributed by atoms with E-state index in [1.54, 1.807) is 22.0 Å². The zero-order valence-corrected chi connectivity index (χ0v) is 21.0. The predicted molar refractivity (Wildman–Crippen MR) is 129 cm³/mol. The number of nitrogens with zero attached hydrogens (tertiary/aromatic N) is 3. The number of aryl methyl sites for hydroxylation is 1. The highest BCUT2D eigenvalue weighted by molar-refractivity contribution is 5.31. The zero-order chi connectivity index (χ0) is 28.6. The summed E-state index contributed by atoms with van der Waals surface area (Å²) in [5.74, 6) is -0.117. The van der Waals surface area contributed by atoms with Gasteiger partial charge in [0.05, 0.1) is 23.9 Å². The summed E-state index contributed by atoms with van der Waals surface area (Å²) in [4.78, 5) is 1.68. The van der Waals surface area contributed by atoms with E-state index < -0.39 is 35.7 Å². The largest absolute Gasteiger partial charge is 0.491 e. The number of aliphatic hydroxyl groups is 2. The summed E-state index contributed by atoms with van der Waals surface area (Å²) in [6.45, 7) is 1.94. The quantitative estimate of drug-likeness (QED) is 0.301. The Labute approximate surface area is 221 Å². The second-order valence-corrected chi connectivity index (χ2v) is 9.02. The van der Waals surface area contributed by atoms with Crippen molar-refractivity contribution in [3.05, 3.63) is 77.6 Å². The third-order valence-electron chi connectivity index (χ3n) is 5.55. The molecule has 0 aliphatic heterocycles. The third kappa shape index (κ3) is 10.1. The van der Waals surface area contributed by atoms with Crippen LogP contribution < -0.4 is 9.47 Å². The molecular weight excluding hydrogens is 532 g/mol. The predicted octanol–water partition coefficient (Wildman–Crippen LogP) is 4.41. The molecule has 3 rings (SSSR count). The molecule has 1 aromatic heterocycles.